The van der Waals surface area contributed by atoms with Crippen LogP contribution in [0.15, 0.2) is 24.3 Å². The molecule has 1 aliphatic rings. The Hall–Kier alpha value is -0.970. The number of nitrogens with two attached hydrogens (primary N) is 1. The number of ether oxygens (including phenoxy) is 2. The summed E-state index contributed by atoms with van der Waals surface area (Å²) in [6.07, 6.45) is 0.662. The summed E-state index contributed by atoms with van der Waals surface area (Å²) < 4.78 is 24.1. The number of hydrogen-bond acceptors (Lipinski definition) is 3. The van der Waals surface area contributed by atoms with Crippen LogP contribution in [-0.4, -0.2) is 25.4 Å². The lowest BCUT2D eigenvalue weighted by Crippen LogP contribution is -2.44. The van der Waals surface area contributed by atoms with Crippen LogP contribution in [0, 0.1) is 5.82 Å². The van der Waals surface area contributed by atoms with E-state index in [0.29, 0.717) is 18.8 Å². The third-order valence-corrected chi connectivity index (χ3v) is 2.77. The maximum absolute atomic E-state index is 13.3. The SMILES string of the molecule is NC1CCOCC1OCc1ccccc1F. The Balaban J connectivity index is 1.89. The molecule has 0 amide bonds. The van der Waals surface area contributed by atoms with Gasteiger partial charge in [-0.3, -0.25) is 0 Å². The summed E-state index contributed by atoms with van der Waals surface area (Å²) in [6, 6.07) is 6.58. The number of benzene rings is 1. The van der Waals surface area contributed by atoms with Gasteiger partial charge in [-0.1, -0.05) is 18.2 Å². The standard InChI is InChI=1S/C12H16FNO2/c13-10-4-2-1-3-9(10)7-16-12-8-15-6-5-11(12)14/h1-4,11-12H,5-8,14H2. The van der Waals surface area contributed by atoms with Crippen molar-refractivity contribution in [2.24, 2.45) is 5.73 Å². The highest BCUT2D eigenvalue weighted by Gasteiger charge is 2.23. The average molecular weight is 225 g/mol. The molecule has 16 heavy (non-hydrogen) atoms. The van der Waals surface area contributed by atoms with Crippen molar-refractivity contribution in [3.63, 3.8) is 0 Å². The molecule has 1 aromatic carbocycles. The Morgan fingerprint density at radius 1 is 1.44 bits per heavy atom. The molecular weight excluding hydrogens is 209 g/mol. The molecule has 3 nitrogen and oxygen atoms in total. The van der Waals surface area contributed by atoms with Crippen LogP contribution in [0.25, 0.3) is 0 Å². The fourth-order valence-electron chi connectivity index (χ4n) is 1.71. The molecule has 1 saturated heterocycles. The molecule has 2 rings (SSSR count). The largest absolute Gasteiger partial charge is 0.379 e. The zero-order chi connectivity index (χ0) is 11.4. The van der Waals surface area contributed by atoms with E-state index in [2.05, 4.69) is 0 Å². The molecule has 0 radical (unpaired) electrons. The van der Waals surface area contributed by atoms with E-state index >= 15 is 0 Å². The quantitative estimate of drug-likeness (QED) is 0.847. The van der Waals surface area contributed by atoms with Gasteiger partial charge in [0, 0.05) is 18.2 Å². The topological polar surface area (TPSA) is 44.5 Å². The van der Waals surface area contributed by atoms with Gasteiger partial charge in [0.1, 0.15) is 5.82 Å². The lowest BCUT2D eigenvalue weighted by Gasteiger charge is -2.28. The van der Waals surface area contributed by atoms with Gasteiger partial charge in [0.2, 0.25) is 0 Å². The summed E-state index contributed by atoms with van der Waals surface area (Å²) in [6.45, 7) is 1.42. The Bertz CT molecular complexity index is 346. The van der Waals surface area contributed by atoms with Crippen LogP contribution in [0.5, 0.6) is 0 Å². The number of rotatable bonds is 3. The van der Waals surface area contributed by atoms with Crippen molar-refractivity contribution < 1.29 is 13.9 Å². The first-order valence-electron chi connectivity index (χ1n) is 5.45. The molecule has 0 spiro atoms. The molecule has 1 fully saturated rings. The van der Waals surface area contributed by atoms with Gasteiger partial charge >= 0.3 is 0 Å². The molecule has 0 aromatic heterocycles. The van der Waals surface area contributed by atoms with Crippen molar-refractivity contribution in [3.05, 3.63) is 35.6 Å². The van der Waals surface area contributed by atoms with Crippen LogP contribution in [0.4, 0.5) is 4.39 Å². The van der Waals surface area contributed by atoms with Crippen LogP contribution in [0.2, 0.25) is 0 Å². The Morgan fingerprint density at radius 3 is 3.00 bits per heavy atom. The third kappa shape index (κ3) is 2.78. The van der Waals surface area contributed by atoms with Crippen LogP contribution >= 0.6 is 0 Å². The summed E-state index contributed by atoms with van der Waals surface area (Å²) >= 11 is 0. The first-order chi connectivity index (χ1) is 7.77. The van der Waals surface area contributed by atoms with E-state index in [0.717, 1.165) is 6.42 Å². The maximum Gasteiger partial charge on any atom is 0.128 e. The predicted octanol–water partition coefficient (Wildman–Crippen LogP) is 1.46. The minimum atomic E-state index is -0.243. The Labute approximate surface area is 94.3 Å². The summed E-state index contributed by atoms with van der Waals surface area (Å²) in [4.78, 5) is 0. The van der Waals surface area contributed by atoms with Gasteiger partial charge in [0.25, 0.3) is 0 Å². The van der Waals surface area contributed by atoms with Gasteiger partial charge in [0.15, 0.2) is 0 Å². The van der Waals surface area contributed by atoms with Gasteiger partial charge < -0.3 is 15.2 Å². The average Bonchev–Trinajstić information content (AvgIpc) is 2.30. The van der Waals surface area contributed by atoms with Crippen LogP contribution in [0.1, 0.15) is 12.0 Å². The van der Waals surface area contributed by atoms with E-state index in [-0.39, 0.29) is 24.6 Å². The van der Waals surface area contributed by atoms with Crippen LogP contribution < -0.4 is 5.73 Å². The first kappa shape index (κ1) is 11.5. The van der Waals surface area contributed by atoms with Crippen LogP contribution in [-0.2, 0) is 16.1 Å². The van der Waals surface area contributed by atoms with Gasteiger partial charge in [-0.05, 0) is 12.5 Å². The van der Waals surface area contributed by atoms with Crippen molar-refractivity contribution >= 4 is 0 Å². The molecule has 1 aliphatic heterocycles. The molecule has 2 N–H and O–H groups in total. The first-order valence-corrected chi connectivity index (χ1v) is 5.45. The maximum atomic E-state index is 13.3. The third-order valence-electron chi connectivity index (χ3n) is 2.77. The van der Waals surface area contributed by atoms with Crippen LogP contribution in [0.3, 0.4) is 0 Å². The van der Waals surface area contributed by atoms with E-state index in [9.17, 15) is 4.39 Å². The molecule has 2 atom stereocenters. The minimum absolute atomic E-state index is 0.0134. The number of hydrogen-bond donors (Lipinski definition) is 1. The molecule has 0 saturated carbocycles. The van der Waals surface area contributed by atoms with E-state index in [1.807, 2.05) is 0 Å². The van der Waals surface area contributed by atoms with Gasteiger partial charge in [-0.25, -0.2) is 4.39 Å². The molecular formula is C12H16FNO2. The molecule has 2 unspecified atom stereocenters. The lowest BCUT2D eigenvalue weighted by molar-refractivity contribution is -0.0684. The molecule has 0 bridgehead atoms. The molecule has 1 heterocycles. The highest BCUT2D eigenvalue weighted by Crippen LogP contribution is 2.13. The summed E-state index contributed by atoms with van der Waals surface area (Å²) in [5.74, 6) is -0.243. The van der Waals surface area contributed by atoms with E-state index in [1.54, 1.807) is 18.2 Å². The molecule has 1 aromatic rings. The molecule has 0 aliphatic carbocycles. The fourth-order valence-corrected chi connectivity index (χ4v) is 1.71. The van der Waals surface area contributed by atoms with Crippen molar-refractivity contribution in [1.29, 1.82) is 0 Å². The zero-order valence-corrected chi connectivity index (χ0v) is 9.06. The molecule has 4 heteroatoms. The van der Waals surface area contributed by atoms with Crippen molar-refractivity contribution in [3.8, 4) is 0 Å². The van der Waals surface area contributed by atoms with E-state index in [4.69, 9.17) is 15.2 Å². The van der Waals surface area contributed by atoms with Crippen molar-refractivity contribution in [2.45, 2.75) is 25.2 Å². The van der Waals surface area contributed by atoms with Gasteiger partial charge in [0.05, 0.1) is 19.3 Å². The summed E-state index contributed by atoms with van der Waals surface area (Å²) in [5.41, 5.74) is 6.44. The Morgan fingerprint density at radius 2 is 2.25 bits per heavy atom. The zero-order valence-electron chi connectivity index (χ0n) is 9.06. The van der Waals surface area contributed by atoms with Gasteiger partial charge in [-0.15, -0.1) is 0 Å². The van der Waals surface area contributed by atoms with E-state index in [1.165, 1.54) is 6.07 Å². The summed E-state index contributed by atoms with van der Waals surface area (Å²) in [7, 11) is 0. The van der Waals surface area contributed by atoms with Gasteiger partial charge in [-0.2, -0.15) is 0 Å². The molecule has 88 valence electrons. The monoisotopic (exact) mass is 225 g/mol. The second kappa shape index (κ2) is 5.39. The smallest absolute Gasteiger partial charge is 0.128 e. The Kier molecular flexibility index (Phi) is 3.88. The highest BCUT2D eigenvalue weighted by atomic mass is 19.1. The number of halogens is 1. The fraction of sp³-hybridized carbons (Fsp3) is 0.500. The van der Waals surface area contributed by atoms with Crippen molar-refractivity contribution in [2.75, 3.05) is 13.2 Å². The normalized spacial score (nSPS) is 25.6. The second-order valence-electron chi connectivity index (χ2n) is 3.97. The highest BCUT2D eigenvalue weighted by molar-refractivity contribution is 5.16. The second-order valence-corrected chi connectivity index (χ2v) is 3.97. The van der Waals surface area contributed by atoms with E-state index < -0.39 is 0 Å². The van der Waals surface area contributed by atoms with Crippen molar-refractivity contribution in [1.82, 2.24) is 0 Å². The minimum Gasteiger partial charge on any atom is -0.379 e. The lowest BCUT2D eigenvalue weighted by atomic mass is 10.1. The predicted molar refractivity (Wildman–Crippen MR) is 58.4 cm³/mol. The summed E-state index contributed by atoms with van der Waals surface area (Å²) in [5, 5.41) is 0.